The predicted octanol–water partition coefficient (Wildman–Crippen LogP) is 4.13. The van der Waals surface area contributed by atoms with E-state index in [1.165, 1.54) is 6.42 Å². The highest BCUT2D eigenvalue weighted by atomic mass is 16.5. The van der Waals surface area contributed by atoms with Gasteiger partial charge in [0.1, 0.15) is 0 Å². The maximum Gasteiger partial charge on any atom is 0.338 e. The molecule has 4 heteroatoms. The van der Waals surface area contributed by atoms with Crippen LogP contribution >= 0.6 is 0 Å². The molecule has 27 heavy (non-hydrogen) atoms. The number of amides is 1. The lowest BCUT2D eigenvalue weighted by Gasteiger charge is -2.29. The van der Waals surface area contributed by atoms with E-state index in [-0.39, 0.29) is 18.6 Å². The summed E-state index contributed by atoms with van der Waals surface area (Å²) in [6, 6.07) is 17.6. The first-order valence-corrected chi connectivity index (χ1v) is 9.72. The number of hydrogen-bond donors (Lipinski definition) is 1. The van der Waals surface area contributed by atoms with E-state index in [2.05, 4.69) is 12.2 Å². The summed E-state index contributed by atoms with van der Waals surface area (Å²) in [5.41, 5.74) is 2.54. The quantitative estimate of drug-likeness (QED) is 0.783. The van der Waals surface area contributed by atoms with Crippen molar-refractivity contribution in [1.82, 2.24) is 5.32 Å². The van der Waals surface area contributed by atoms with E-state index in [0.717, 1.165) is 30.4 Å². The van der Waals surface area contributed by atoms with E-state index >= 15 is 0 Å². The molecule has 2 aromatic carbocycles. The van der Waals surface area contributed by atoms with Crippen LogP contribution in [0, 0.1) is 5.92 Å². The lowest BCUT2D eigenvalue weighted by atomic mass is 9.86. The van der Waals surface area contributed by atoms with Crippen molar-refractivity contribution in [3.05, 3.63) is 71.3 Å². The normalized spacial score (nSPS) is 19.3. The second kappa shape index (κ2) is 9.36. The number of carbonyl (C=O) groups excluding carboxylic acids is 2. The molecule has 142 valence electrons. The molecule has 2 atom stereocenters. The number of ether oxygens (including phenoxy) is 1. The average Bonchev–Trinajstić information content (AvgIpc) is 2.69. The second-order valence-corrected chi connectivity index (χ2v) is 7.33. The zero-order valence-electron chi connectivity index (χ0n) is 15.8. The van der Waals surface area contributed by atoms with Crippen molar-refractivity contribution in [2.24, 2.45) is 5.92 Å². The number of carbonyl (C=O) groups is 2. The Labute approximate surface area is 160 Å². The minimum Gasteiger partial charge on any atom is -0.452 e. The Kier molecular flexibility index (Phi) is 6.64. The molecular weight excluding hydrogens is 338 g/mol. The van der Waals surface area contributed by atoms with Crippen LogP contribution in [0.1, 0.15) is 54.1 Å². The second-order valence-electron chi connectivity index (χ2n) is 7.33. The molecule has 0 saturated heterocycles. The van der Waals surface area contributed by atoms with Crippen molar-refractivity contribution in [3.8, 4) is 0 Å². The van der Waals surface area contributed by atoms with E-state index < -0.39 is 5.97 Å². The number of esters is 1. The van der Waals surface area contributed by atoms with Gasteiger partial charge in [-0.2, -0.15) is 0 Å². The van der Waals surface area contributed by atoms with Gasteiger partial charge in [0, 0.05) is 6.04 Å². The molecule has 3 rings (SSSR count). The fraction of sp³-hybridized carbons (Fsp3) is 0.391. The van der Waals surface area contributed by atoms with Gasteiger partial charge in [-0.25, -0.2) is 4.79 Å². The summed E-state index contributed by atoms with van der Waals surface area (Å²) in [6.07, 6.45) is 5.15. The molecular formula is C23H27NO3. The lowest BCUT2D eigenvalue weighted by molar-refractivity contribution is -0.125. The number of benzene rings is 2. The standard InChI is InChI=1S/C23H27NO3/c1-17-9-5-8-14-21(17)24-22(25)16-27-23(26)20-13-7-6-12-19(20)15-18-10-3-2-4-11-18/h2-4,6-7,10-13,17,21H,5,8-9,14-16H2,1H3,(H,24,25)/t17-,21-/m1/s1. The van der Waals surface area contributed by atoms with E-state index in [1.807, 2.05) is 48.5 Å². The van der Waals surface area contributed by atoms with Crippen LogP contribution in [0.15, 0.2) is 54.6 Å². The molecule has 0 aliphatic heterocycles. The summed E-state index contributed by atoms with van der Waals surface area (Å²) < 4.78 is 5.29. The first-order valence-electron chi connectivity index (χ1n) is 9.72. The summed E-state index contributed by atoms with van der Waals surface area (Å²) in [4.78, 5) is 24.7. The van der Waals surface area contributed by atoms with E-state index in [1.54, 1.807) is 6.07 Å². The number of rotatable bonds is 6. The molecule has 4 nitrogen and oxygen atoms in total. The summed E-state index contributed by atoms with van der Waals surface area (Å²) in [6.45, 7) is 1.93. The lowest BCUT2D eigenvalue weighted by Crippen LogP contribution is -2.42. The molecule has 0 heterocycles. The smallest absolute Gasteiger partial charge is 0.338 e. The highest BCUT2D eigenvalue weighted by Crippen LogP contribution is 2.23. The largest absolute Gasteiger partial charge is 0.452 e. The zero-order chi connectivity index (χ0) is 19.1. The van der Waals surface area contributed by atoms with Gasteiger partial charge >= 0.3 is 5.97 Å². The Balaban J connectivity index is 1.57. The molecule has 1 saturated carbocycles. The van der Waals surface area contributed by atoms with Crippen molar-refractivity contribution in [2.45, 2.75) is 45.1 Å². The topological polar surface area (TPSA) is 55.4 Å². The Morgan fingerprint density at radius 1 is 1.00 bits per heavy atom. The Morgan fingerprint density at radius 3 is 2.48 bits per heavy atom. The van der Waals surface area contributed by atoms with Gasteiger partial charge in [0.15, 0.2) is 6.61 Å². The molecule has 1 amide bonds. The Hall–Kier alpha value is -2.62. The highest BCUT2D eigenvalue weighted by molar-refractivity contribution is 5.92. The van der Waals surface area contributed by atoms with Crippen LogP contribution in [0.5, 0.6) is 0 Å². The summed E-state index contributed by atoms with van der Waals surface area (Å²) in [5.74, 6) is -0.194. The van der Waals surface area contributed by atoms with Crippen LogP contribution in [0.2, 0.25) is 0 Å². The van der Waals surface area contributed by atoms with Gasteiger partial charge < -0.3 is 10.1 Å². The van der Waals surface area contributed by atoms with Crippen LogP contribution in [-0.4, -0.2) is 24.5 Å². The van der Waals surface area contributed by atoms with Crippen molar-refractivity contribution in [1.29, 1.82) is 0 Å². The fourth-order valence-electron chi connectivity index (χ4n) is 3.68. The van der Waals surface area contributed by atoms with Crippen LogP contribution in [-0.2, 0) is 16.0 Å². The van der Waals surface area contributed by atoms with Crippen LogP contribution < -0.4 is 5.32 Å². The van der Waals surface area contributed by atoms with Crippen molar-refractivity contribution < 1.29 is 14.3 Å². The highest BCUT2D eigenvalue weighted by Gasteiger charge is 2.23. The minimum atomic E-state index is -0.451. The molecule has 1 N–H and O–H groups in total. The van der Waals surface area contributed by atoms with Crippen LogP contribution in [0.3, 0.4) is 0 Å². The van der Waals surface area contributed by atoms with E-state index in [4.69, 9.17) is 4.74 Å². The third-order valence-electron chi connectivity index (χ3n) is 5.27. The minimum absolute atomic E-state index is 0.190. The van der Waals surface area contributed by atoms with Crippen molar-refractivity contribution in [2.75, 3.05) is 6.61 Å². The van der Waals surface area contributed by atoms with Gasteiger partial charge in [0.2, 0.25) is 0 Å². The molecule has 0 spiro atoms. The van der Waals surface area contributed by atoms with E-state index in [0.29, 0.717) is 17.9 Å². The SMILES string of the molecule is C[C@@H]1CCCC[C@H]1NC(=O)COC(=O)c1ccccc1Cc1ccccc1. The number of hydrogen-bond acceptors (Lipinski definition) is 3. The average molecular weight is 365 g/mol. The van der Waals surface area contributed by atoms with Crippen LogP contribution in [0.4, 0.5) is 0 Å². The molecule has 0 radical (unpaired) electrons. The summed E-state index contributed by atoms with van der Waals surface area (Å²) >= 11 is 0. The maximum atomic E-state index is 12.5. The molecule has 1 fully saturated rings. The molecule has 0 aromatic heterocycles. The van der Waals surface area contributed by atoms with Crippen molar-refractivity contribution in [3.63, 3.8) is 0 Å². The molecule has 0 bridgehead atoms. The van der Waals surface area contributed by atoms with Gasteiger partial charge in [-0.1, -0.05) is 68.3 Å². The molecule has 1 aliphatic carbocycles. The predicted molar refractivity (Wildman–Crippen MR) is 106 cm³/mol. The first kappa shape index (κ1) is 19.2. The van der Waals surface area contributed by atoms with Crippen LogP contribution in [0.25, 0.3) is 0 Å². The Morgan fingerprint density at radius 2 is 1.70 bits per heavy atom. The molecule has 0 unspecified atom stereocenters. The molecule has 1 aliphatic rings. The van der Waals surface area contributed by atoms with E-state index in [9.17, 15) is 9.59 Å². The van der Waals surface area contributed by atoms with Crippen molar-refractivity contribution >= 4 is 11.9 Å². The number of nitrogens with one attached hydrogen (secondary N) is 1. The third kappa shape index (κ3) is 5.43. The van der Waals surface area contributed by atoms with Gasteiger partial charge in [-0.3, -0.25) is 4.79 Å². The summed E-state index contributed by atoms with van der Waals surface area (Å²) in [7, 11) is 0. The zero-order valence-corrected chi connectivity index (χ0v) is 15.8. The van der Waals surface area contributed by atoms with Gasteiger partial charge in [-0.05, 0) is 42.4 Å². The van der Waals surface area contributed by atoms with Gasteiger partial charge in [0.25, 0.3) is 5.91 Å². The monoisotopic (exact) mass is 365 g/mol. The third-order valence-corrected chi connectivity index (χ3v) is 5.27. The molecule has 2 aromatic rings. The Bertz CT molecular complexity index is 772. The first-order chi connectivity index (χ1) is 13.1. The van der Waals surface area contributed by atoms with Gasteiger partial charge in [0.05, 0.1) is 5.56 Å². The maximum absolute atomic E-state index is 12.5. The summed E-state index contributed by atoms with van der Waals surface area (Å²) in [5, 5.41) is 3.01. The fourth-order valence-corrected chi connectivity index (χ4v) is 3.68. The van der Waals surface area contributed by atoms with Gasteiger partial charge in [-0.15, -0.1) is 0 Å².